The third-order valence-corrected chi connectivity index (χ3v) is 4.56. The van der Waals surface area contributed by atoms with Crippen molar-refractivity contribution in [2.45, 2.75) is 33.1 Å². The van der Waals surface area contributed by atoms with Crippen LogP contribution < -0.4 is 0 Å². The van der Waals surface area contributed by atoms with Gasteiger partial charge in [-0.15, -0.1) is 5.10 Å². The van der Waals surface area contributed by atoms with Crippen LogP contribution in [0.3, 0.4) is 0 Å². The molecule has 1 saturated heterocycles. The summed E-state index contributed by atoms with van der Waals surface area (Å²) in [6, 6.07) is 9.80. The van der Waals surface area contributed by atoms with Crippen LogP contribution in [0.4, 0.5) is 0 Å². The summed E-state index contributed by atoms with van der Waals surface area (Å²) < 4.78 is 1.53. The van der Waals surface area contributed by atoms with E-state index in [0.717, 1.165) is 31.5 Å². The average molecular weight is 325 g/mol. The minimum Gasteiger partial charge on any atom is -0.337 e. The molecule has 0 N–H and O–H groups in total. The Labute approximate surface area is 142 Å². The third kappa shape index (κ3) is 3.53. The molecule has 1 aliphatic rings. The second-order valence-corrected chi connectivity index (χ2v) is 6.25. The quantitative estimate of drug-likeness (QED) is 0.811. The maximum Gasteiger partial charge on any atom is 0.272 e. The van der Waals surface area contributed by atoms with Crippen LogP contribution in [0.1, 0.15) is 37.6 Å². The Morgan fingerprint density at radius 1 is 1.33 bits per heavy atom. The van der Waals surface area contributed by atoms with Gasteiger partial charge in [0.25, 0.3) is 5.91 Å². The van der Waals surface area contributed by atoms with Gasteiger partial charge in [0.1, 0.15) is 5.70 Å². The van der Waals surface area contributed by atoms with Crippen molar-refractivity contribution in [3.05, 3.63) is 41.7 Å². The van der Waals surface area contributed by atoms with Crippen LogP contribution in [0.15, 0.2) is 30.3 Å². The van der Waals surface area contributed by atoms with Crippen LogP contribution >= 0.6 is 0 Å². The lowest BCUT2D eigenvalue weighted by Crippen LogP contribution is -2.41. The molecule has 1 aliphatic heterocycles. The number of tetrazole rings is 1. The smallest absolute Gasteiger partial charge is 0.272 e. The van der Waals surface area contributed by atoms with E-state index in [4.69, 9.17) is 0 Å². The largest absolute Gasteiger partial charge is 0.337 e. The number of aryl methyl sites for hydroxylation is 1. The minimum atomic E-state index is -0.00703. The molecule has 1 amide bonds. The maximum atomic E-state index is 13.2. The van der Waals surface area contributed by atoms with Crippen molar-refractivity contribution < 1.29 is 4.79 Å². The van der Waals surface area contributed by atoms with Gasteiger partial charge in [0.05, 0.1) is 0 Å². The fourth-order valence-electron chi connectivity index (χ4n) is 3.12. The normalized spacial score (nSPS) is 18.7. The summed E-state index contributed by atoms with van der Waals surface area (Å²) >= 11 is 0. The molecule has 2 aromatic rings. The molecule has 1 atom stereocenters. The van der Waals surface area contributed by atoms with Gasteiger partial charge in [-0.25, -0.2) is 0 Å². The van der Waals surface area contributed by atoms with Gasteiger partial charge < -0.3 is 4.90 Å². The first-order chi connectivity index (χ1) is 11.7. The fraction of sp³-hybridized carbons (Fsp3) is 0.444. The zero-order chi connectivity index (χ0) is 16.9. The zero-order valence-electron chi connectivity index (χ0n) is 14.2. The molecule has 0 bridgehead atoms. The Bertz CT molecular complexity index is 722. The summed E-state index contributed by atoms with van der Waals surface area (Å²) in [5, 5.41) is 11.6. The number of benzene rings is 1. The maximum absolute atomic E-state index is 13.2. The summed E-state index contributed by atoms with van der Waals surface area (Å²) in [6.07, 6.45) is 5.21. The van der Waals surface area contributed by atoms with Crippen molar-refractivity contribution in [2.24, 2.45) is 5.92 Å². The lowest BCUT2D eigenvalue weighted by Gasteiger charge is -2.32. The van der Waals surface area contributed by atoms with E-state index < -0.39 is 0 Å². The molecule has 0 radical (unpaired) electrons. The van der Waals surface area contributed by atoms with Gasteiger partial charge in [0.2, 0.25) is 0 Å². The molecular weight excluding hydrogens is 302 g/mol. The van der Waals surface area contributed by atoms with E-state index in [9.17, 15) is 4.79 Å². The molecule has 6 heteroatoms. The molecule has 126 valence electrons. The van der Waals surface area contributed by atoms with E-state index >= 15 is 0 Å². The van der Waals surface area contributed by atoms with Crippen molar-refractivity contribution in [3.63, 3.8) is 0 Å². The average Bonchev–Trinajstić information content (AvgIpc) is 3.06. The monoisotopic (exact) mass is 325 g/mol. The van der Waals surface area contributed by atoms with E-state index in [1.54, 1.807) is 6.92 Å². The first kappa shape index (κ1) is 16.4. The van der Waals surface area contributed by atoms with Gasteiger partial charge in [-0.1, -0.05) is 43.7 Å². The summed E-state index contributed by atoms with van der Waals surface area (Å²) in [7, 11) is 0. The number of nitrogens with zero attached hydrogens (tertiary/aromatic N) is 5. The number of hydrogen-bond acceptors (Lipinski definition) is 4. The SMILES string of the molecule is CC[C@H]1CCCN(C(=O)/C(=C\c2ccccc2)n2nnnc2C)C1. The van der Waals surface area contributed by atoms with E-state index in [1.165, 1.54) is 11.1 Å². The Hall–Kier alpha value is -2.50. The lowest BCUT2D eigenvalue weighted by atomic mass is 9.95. The number of likely N-dealkylation sites (tertiary alicyclic amines) is 1. The molecule has 0 spiro atoms. The first-order valence-electron chi connectivity index (χ1n) is 8.50. The van der Waals surface area contributed by atoms with Crippen molar-refractivity contribution in [1.82, 2.24) is 25.1 Å². The molecule has 0 saturated carbocycles. The van der Waals surface area contributed by atoms with Crippen LogP contribution in [-0.2, 0) is 4.79 Å². The number of carbonyl (C=O) groups excluding carboxylic acids is 1. The topological polar surface area (TPSA) is 63.9 Å². The molecule has 1 aromatic heterocycles. The Balaban J connectivity index is 1.94. The van der Waals surface area contributed by atoms with Gasteiger partial charge in [-0.05, 0) is 47.7 Å². The van der Waals surface area contributed by atoms with Gasteiger partial charge >= 0.3 is 0 Å². The molecule has 2 heterocycles. The Kier molecular flexibility index (Phi) is 5.03. The van der Waals surface area contributed by atoms with E-state index in [2.05, 4.69) is 22.4 Å². The number of hydrogen-bond donors (Lipinski definition) is 0. The second kappa shape index (κ2) is 7.38. The molecule has 1 fully saturated rings. The fourth-order valence-corrected chi connectivity index (χ4v) is 3.12. The highest BCUT2D eigenvalue weighted by molar-refractivity contribution is 6.18. The highest BCUT2D eigenvalue weighted by atomic mass is 16.2. The Morgan fingerprint density at radius 2 is 2.12 bits per heavy atom. The number of piperidine rings is 1. The molecule has 1 aromatic carbocycles. The number of carbonyl (C=O) groups is 1. The Morgan fingerprint density at radius 3 is 2.79 bits per heavy atom. The highest BCUT2D eigenvalue weighted by Crippen LogP contribution is 2.23. The molecular formula is C18H23N5O. The van der Waals surface area contributed by atoms with E-state index in [0.29, 0.717) is 17.4 Å². The highest BCUT2D eigenvalue weighted by Gasteiger charge is 2.27. The minimum absolute atomic E-state index is 0.00703. The van der Waals surface area contributed by atoms with Gasteiger partial charge in [0, 0.05) is 13.1 Å². The predicted molar refractivity (Wildman–Crippen MR) is 92.8 cm³/mol. The van der Waals surface area contributed by atoms with Gasteiger partial charge in [-0.2, -0.15) is 4.68 Å². The summed E-state index contributed by atoms with van der Waals surface area (Å²) in [5.74, 6) is 1.18. The van der Waals surface area contributed by atoms with Crippen LogP contribution in [0.25, 0.3) is 11.8 Å². The van der Waals surface area contributed by atoms with E-state index in [1.807, 2.05) is 41.3 Å². The van der Waals surface area contributed by atoms with Crippen LogP contribution in [0.5, 0.6) is 0 Å². The molecule has 3 rings (SSSR count). The number of rotatable bonds is 4. The number of amides is 1. The molecule has 0 unspecified atom stereocenters. The van der Waals surface area contributed by atoms with Gasteiger partial charge in [0.15, 0.2) is 5.82 Å². The number of aromatic nitrogens is 4. The zero-order valence-corrected chi connectivity index (χ0v) is 14.2. The summed E-state index contributed by atoms with van der Waals surface area (Å²) in [5.41, 5.74) is 1.46. The third-order valence-electron chi connectivity index (χ3n) is 4.56. The summed E-state index contributed by atoms with van der Waals surface area (Å²) in [4.78, 5) is 15.1. The lowest BCUT2D eigenvalue weighted by molar-refractivity contribution is -0.127. The van der Waals surface area contributed by atoms with Crippen molar-refractivity contribution in [2.75, 3.05) is 13.1 Å². The molecule has 0 aliphatic carbocycles. The predicted octanol–water partition coefficient (Wildman–Crippen LogP) is 2.63. The van der Waals surface area contributed by atoms with Crippen LogP contribution in [0, 0.1) is 12.8 Å². The van der Waals surface area contributed by atoms with Crippen molar-refractivity contribution >= 4 is 17.7 Å². The van der Waals surface area contributed by atoms with Crippen LogP contribution in [0.2, 0.25) is 0 Å². The second-order valence-electron chi connectivity index (χ2n) is 6.25. The van der Waals surface area contributed by atoms with Crippen molar-refractivity contribution in [3.8, 4) is 0 Å². The first-order valence-corrected chi connectivity index (χ1v) is 8.50. The van der Waals surface area contributed by atoms with Gasteiger partial charge in [-0.3, -0.25) is 4.79 Å². The van der Waals surface area contributed by atoms with E-state index in [-0.39, 0.29) is 5.91 Å². The van der Waals surface area contributed by atoms with Crippen LogP contribution in [-0.4, -0.2) is 44.1 Å². The standard InChI is InChI=1S/C18H23N5O/c1-3-15-10-7-11-22(13-15)18(24)17(23-14(2)19-20-21-23)12-16-8-5-4-6-9-16/h4-6,8-9,12,15H,3,7,10-11,13H2,1-2H3/b17-12+/t15-/m0/s1. The summed E-state index contributed by atoms with van der Waals surface area (Å²) in [6.45, 7) is 5.59. The molecule has 6 nitrogen and oxygen atoms in total. The van der Waals surface area contributed by atoms with Crippen molar-refractivity contribution in [1.29, 1.82) is 0 Å². The molecule has 24 heavy (non-hydrogen) atoms.